The zero-order chi connectivity index (χ0) is 25.7. The maximum absolute atomic E-state index is 14.1. The smallest absolute Gasteiger partial charge is 0.381 e. The van der Waals surface area contributed by atoms with Crippen molar-refractivity contribution in [3.05, 3.63) is 41.0 Å². The monoisotopic (exact) mass is 515 g/mol. The summed E-state index contributed by atoms with van der Waals surface area (Å²) in [5.74, 6) is 1.42. The van der Waals surface area contributed by atoms with E-state index in [1.165, 1.54) is 0 Å². The van der Waals surface area contributed by atoms with E-state index in [-0.39, 0.29) is 23.5 Å². The highest BCUT2D eigenvalue weighted by molar-refractivity contribution is 5.98. The Kier molecular flexibility index (Phi) is 6.35. The van der Waals surface area contributed by atoms with Gasteiger partial charge in [0.2, 0.25) is 0 Å². The van der Waals surface area contributed by atoms with E-state index in [9.17, 15) is 18.0 Å². The molecule has 3 aliphatic heterocycles. The van der Waals surface area contributed by atoms with Crippen LogP contribution in [0.1, 0.15) is 47.2 Å². The number of benzene rings is 1. The number of carbonyl (C=O) groups is 1. The van der Waals surface area contributed by atoms with E-state index in [4.69, 9.17) is 4.74 Å². The topological polar surface area (TPSA) is 70.6 Å². The first-order valence-electron chi connectivity index (χ1n) is 13.1. The molecular weight excluding hydrogens is 483 g/mol. The van der Waals surface area contributed by atoms with E-state index < -0.39 is 11.7 Å². The number of likely N-dealkylation sites (tertiary alicyclic amines) is 1. The number of halogens is 3. The van der Waals surface area contributed by atoms with Crippen LogP contribution in [-0.2, 0) is 17.5 Å². The minimum absolute atomic E-state index is 0.0389. The summed E-state index contributed by atoms with van der Waals surface area (Å²) in [4.78, 5) is 16.3. The van der Waals surface area contributed by atoms with Gasteiger partial charge in [0.1, 0.15) is 5.56 Å². The Bertz CT molecular complexity index is 1170. The molecule has 3 atom stereocenters. The number of nitrogens with one attached hydrogen (secondary N) is 1. The van der Waals surface area contributed by atoms with Gasteiger partial charge in [-0.3, -0.25) is 4.79 Å². The van der Waals surface area contributed by atoms with Crippen molar-refractivity contribution in [1.29, 1.82) is 0 Å². The third-order valence-electron chi connectivity index (χ3n) is 8.51. The van der Waals surface area contributed by atoms with Crippen LogP contribution in [0.25, 0.3) is 11.3 Å². The number of nitrogens with zero attached hydrogens (tertiary/aromatic N) is 4. The number of fused-ring (bicyclic) bond motifs is 2. The van der Waals surface area contributed by atoms with E-state index in [0.717, 1.165) is 70.2 Å². The molecule has 1 N–H and O–H groups in total. The summed E-state index contributed by atoms with van der Waals surface area (Å²) in [5.41, 5.74) is 1.23. The molecule has 1 saturated carbocycles. The SMILES string of the molecule is CN1Cc2cc(-c3cc(C(F)(F)F)c(N[C@H]4C[C@@H]5CN(CC6CCOCC6)C[C@@H]5C4)nn3)ccc2C1=O. The standard InChI is InChI=1S/C27H32F3N5O2/c1-34-13-20-8-17(2-3-22(20)26(34)36)24-11-23(27(28,29)30)25(33-32-24)31-21-9-18-14-35(15-19(18)10-21)12-16-4-6-37-7-5-16/h2-3,8,11,16,18-19,21H,4-7,9-10,12-15H2,1H3,(H,31,33)/t18-,19+,21+. The minimum atomic E-state index is -4.56. The van der Waals surface area contributed by atoms with Crippen LogP contribution < -0.4 is 5.32 Å². The molecular formula is C27H32F3N5O2. The molecule has 0 spiro atoms. The van der Waals surface area contributed by atoms with Crippen LogP contribution >= 0.6 is 0 Å². The van der Waals surface area contributed by atoms with Gasteiger partial charge in [0.05, 0.1) is 5.69 Å². The highest BCUT2D eigenvalue weighted by atomic mass is 19.4. The number of carbonyl (C=O) groups excluding carboxylic acids is 1. The van der Waals surface area contributed by atoms with Gasteiger partial charge in [-0.05, 0) is 67.2 Å². The summed E-state index contributed by atoms with van der Waals surface area (Å²) in [5, 5.41) is 11.3. The molecule has 0 unspecified atom stereocenters. The van der Waals surface area contributed by atoms with Gasteiger partial charge >= 0.3 is 6.18 Å². The summed E-state index contributed by atoms with van der Waals surface area (Å²) < 4.78 is 47.7. The van der Waals surface area contributed by atoms with Crippen molar-refractivity contribution in [2.45, 2.75) is 44.4 Å². The molecule has 198 valence electrons. The number of rotatable bonds is 5. The second-order valence-electron chi connectivity index (χ2n) is 11.1. The molecule has 1 aromatic heterocycles. The number of aromatic nitrogens is 2. The molecule has 6 rings (SSSR count). The van der Waals surface area contributed by atoms with Crippen molar-refractivity contribution >= 4 is 11.7 Å². The van der Waals surface area contributed by atoms with Gasteiger partial charge in [0.15, 0.2) is 5.82 Å². The van der Waals surface area contributed by atoms with Gasteiger partial charge in [0, 0.05) is 63.6 Å². The molecule has 4 aliphatic rings. The number of hydrogen-bond donors (Lipinski definition) is 1. The Hall–Kier alpha value is -2.72. The molecule has 37 heavy (non-hydrogen) atoms. The van der Waals surface area contributed by atoms with E-state index in [1.54, 1.807) is 30.1 Å². The molecule has 1 aliphatic carbocycles. The van der Waals surface area contributed by atoms with Gasteiger partial charge in [-0.15, -0.1) is 10.2 Å². The molecule has 0 bridgehead atoms. The molecule has 10 heteroatoms. The number of hydrogen-bond acceptors (Lipinski definition) is 6. The number of anilines is 1. The normalized spacial score (nSPS) is 26.5. The van der Waals surface area contributed by atoms with E-state index >= 15 is 0 Å². The molecule has 3 fully saturated rings. The Morgan fingerprint density at radius 1 is 1.08 bits per heavy atom. The third-order valence-corrected chi connectivity index (χ3v) is 8.51. The van der Waals surface area contributed by atoms with E-state index in [0.29, 0.717) is 35.4 Å². The second kappa shape index (κ2) is 9.54. The molecule has 1 aromatic carbocycles. The van der Waals surface area contributed by atoms with Crippen LogP contribution in [-0.4, -0.2) is 71.8 Å². The molecule has 2 aromatic rings. The molecule has 1 amide bonds. The zero-order valence-corrected chi connectivity index (χ0v) is 20.9. The van der Waals surface area contributed by atoms with Crippen molar-refractivity contribution < 1.29 is 22.7 Å². The van der Waals surface area contributed by atoms with Gasteiger partial charge in [-0.2, -0.15) is 13.2 Å². The summed E-state index contributed by atoms with van der Waals surface area (Å²) in [6.07, 6.45) is -0.629. The predicted molar refractivity (Wildman–Crippen MR) is 132 cm³/mol. The lowest BCUT2D eigenvalue weighted by atomic mass is 10.00. The first kappa shape index (κ1) is 24.6. The Morgan fingerprint density at radius 2 is 1.81 bits per heavy atom. The zero-order valence-electron chi connectivity index (χ0n) is 20.9. The predicted octanol–water partition coefficient (Wildman–Crippen LogP) is 4.30. The van der Waals surface area contributed by atoms with Crippen molar-refractivity contribution in [3.8, 4) is 11.3 Å². The lowest BCUT2D eigenvalue weighted by Crippen LogP contribution is -2.32. The lowest BCUT2D eigenvalue weighted by molar-refractivity contribution is -0.137. The van der Waals surface area contributed by atoms with Crippen LogP contribution in [0.4, 0.5) is 19.0 Å². The van der Waals surface area contributed by atoms with Crippen molar-refractivity contribution in [2.75, 3.05) is 45.2 Å². The first-order valence-corrected chi connectivity index (χ1v) is 13.1. The van der Waals surface area contributed by atoms with Crippen molar-refractivity contribution in [3.63, 3.8) is 0 Å². The summed E-state index contributed by atoms with van der Waals surface area (Å²) in [6.45, 7) is 5.27. The number of ether oxygens (including phenoxy) is 1. The first-order chi connectivity index (χ1) is 17.7. The number of alkyl halides is 3. The highest BCUT2D eigenvalue weighted by Gasteiger charge is 2.43. The Labute approximate surface area is 214 Å². The number of amides is 1. The largest absolute Gasteiger partial charge is 0.420 e. The minimum Gasteiger partial charge on any atom is -0.381 e. The molecule has 7 nitrogen and oxygen atoms in total. The molecule has 0 radical (unpaired) electrons. The average Bonchev–Trinajstić information content (AvgIpc) is 3.50. The average molecular weight is 516 g/mol. The van der Waals surface area contributed by atoms with E-state index in [2.05, 4.69) is 20.4 Å². The Balaban J connectivity index is 1.14. The maximum Gasteiger partial charge on any atom is 0.420 e. The highest BCUT2D eigenvalue weighted by Crippen LogP contribution is 2.42. The van der Waals surface area contributed by atoms with Crippen LogP contribution in [0, 0.1) is 17.8 Å². The van der Waals surface area contributed by atoms with Crippen LogP contribution in [0.2, 0.25) is 0 Å². The fraction of sp³-hybridized carbons (Fsp3) is 0.593. The summed E-state index contributed by atoms with van der Waals surface area (Å²) in [6, 6.07) is 6.06. The van der Waals surface area contributed by atoms with Gasteiger partial charge in [-0.25, -0.2) is 0 Å². The summed E-state index contributed by atoms with van der Waals surface area (Å²) in [7, 11) is 1.70. The maximum atomic E-state index is 14.1. The quantitative estimate of drug-likeness (QED) is 0.641. The van der Waals surface area contributed by atoms with Crippen LogP contribution in [0.3, 0.4) is 0 Å². The molecule has 4 heterocycles. The molecule has 2 saturated heterocycles. The van der Waals surface area contributed by atoms with E-state index in [1.807, 2.05) is 0 Å². The fourth-order valence-electron chi connectivity index (χ4n) is 6.63. The summed E-state index contributed by atoms with van der Waals surface area (Å²) >= 11 is 0. The van der Waals surface area contributed by atoms with Crippen molar-refractivity contribution in [2.24, 2.45) is 17.8 Å². The fourth-order valence-corrected chi connectivity index (χ4v) is 6.63. The van der Waals surface area contributed by atoms with Crippen LogP contribution in [0.15, 0.2) is 24.3 Å². The van der Waals surface area contributed by atoms with Crippen LogP contribution in [0.5, 0.6) is 0 Å². The third kappa shape index (κ3) is 4.93. The second-order valence-corrected chi connectivity index (χ2v) is 11.1. The lowest BCUT2D eigenvalue weighted by Gasteiger charge is -2.28. The van der Waals surface area contributed by atoms with Gasteiger partial charge in [-0.1, -0.05) is 6.07 Å². The van der Waals surface area contributed by atoms with Crippen molar-refractivity contribution in [1.82, 2.24) is 20.0 Å². The van der Waals surface area contributed by atoms with Gasteiger partial charge in [0.25, 0.3) is 5.91 Å². The van der Waals surface area contributed by atoms with Gasteiger partial charge < -0.3 is 19.9 Å². The Morgan fingerprint density at radius 3 is 2.51 bits per heavy atom.